The van der Waals surface area contributed by atoms with Crippen LogP contribution in [0, 0.1) is 11.8 Å². The molecule has 2 saturated heterocycles. The number of rotatable bonds is 6. The normalized spacial score (nSPS) is 27.6. The molecule has 10 nitrogen and oxygen atoms in total. The molecule has 4 atom stereocenters. The minimum absolute atomic E-state index is 0.0582. The molecule has 10 heteroatoms. The van der Waals surface area contributed by atoms with Crippen molar-refractivity contribution >= 4 is 35.4 Å². The van der Waals surface area contributed by atoms with E-state index in [1.165, 1.54) is 18.2 Å². The molecule has 0 unspecified atom stereocenters. The third-order valence-electron chi connectivity index (χ3n) is 5.63. The Balaban J connectivity index is 1.76. The topological polar surface area (TPSA) is 126 Å². The Morgan fingerprint density at radius 2 is 1.75 bits per heavy atom. The number of ether oxygens (including phenoxy) is 4. The summed E-state index contributed by atoms with van der Waals surface area (Å²) >= 11 is 0. The van der Waals surface area contributed by atoms with Gasteiger partial charge >= 0.3 is 17.9 Å². The van der Waals surface area contributed by atoms with Crippen LogP contribution in [0.3, 0.4) is 0 Å². The summed E-state index contributed by atoms with van der Waals surface area (Å²) in [5.74, 6) is -5.47. The molecule has 3 heterocycles. The number of benzene rings is 1. The summed E-state index contributed by atoms with van der Waals surface area (Å²) in [7, 11) is 0. The summed E-state index contributed by atoms with van der Waals surface area (Å²) in [5.41, 5.74) is -1.52. The van der Waals surface area contributed by atoms with Gasteiger partial charge in [-0.15, -0.1) is 0 Å². The van der Waals surface area contributed by atoms with Crippen LogP contribution in [0.25, 0.3) is 0 Å². The number of fused-ring (bicyclic) bond motifs is 5. The Morgan fingerprint density at radius 3 is 2.38 bits per heavy atom. The molecular formula is C22H21NO9. The summed E-state index contributed by atoms with van der Waals surface area (Å²) in [4.78, 5) is 63.6. The second kappa shape index (κ2) is 7.86. The van der Waals surface area contributed by atoms with Crippen LogP contribution >= 0.6 is 0 Å². The van der Waals surface area contributed by atoms with Crippen LogP contribution in [0.1, 0.15) is 31.1 Å². The Morgan fingerprint density at radius 1 is 1.09 bits per heavy atom. The number of carbonyl (C=O) groups excluding carboxylic acids is 5. The zero-order chi connectivity index (χ0) is 23.2. The van der Waals surface area contributed by atoms with Gasteiger partial charge in [0.05, 0.1) is 35.8 Å². The van der Waals surface area contributed by atoms with Crippen molar-refractivity contribution in [2.75, 3.05) is 11.5 Å². The number of esters is 3. The molecule has 3 aliphatic heterocycles. The third kappa shape index (κ3) is 3.18. The average Bonchev–Trinajstić information content (AvgIpc) is 3.38. The second-order valence-electron chi connectivity index (χ2n) is 7.60. The lowest BCUT2D eigenvalue weighted by Crippen LogP contribution is -2.52. The molecule has 0 spiro atoms. The van der Waals surface area contributed by atoms with Crippen LogP contribution in [0.5, 0.6) is 0 Å². The zero-order valence-corrected chi connectivity index (χ0v) is 17.6. The molecule has 0 saturated carbocycles. The van der Waals surface area contributed by atoms with Crippen molar-refractivity contribution in [3.63, 3.8) is 0 Å². The van der Waals surface area contributed by atoms with E-state index in [0.717, 1.165) is 18.7 Å². The highest BCUT2D eigenvalue weighted by molar-refractivity contribution is 6.25. The number of carbonyl (C=O) groups is 5. The predicted molar refractivity (Wildman–Crippen MR) is 106 cm³/mol. The third-order valence-corrected chi connectivity index (χ3v) is 5.63. The lowest BCUT2D eigenvalue weighted by molar-refractivity contribution is -0.226. The smallest absolute Gasteiger partial charge is 0.340 e. The summed E-state index contributed by atoms with van der Waals surface area (Å²) in [6.07, 6.45) is 0.713. The molecule has 0 N–H and O–H groups in total. The highest BCUT2D eigenvalue weighted by Crippen LogP contribution is 2.55. The molecule has 168 valence electrons. The SMILES string of the molecule is CCOC(=O)c1ccccc1N1C(=O)[C@H]2[C@@H]3C=C[C@](C(OC(C)=O)OC(C)=O)(O3)[C@@H]2C1=O. The van der Waals surface area contributed by atoms with E-state index < -0.39 is 59.6 Å². The molecule has 4 rings (SSSR count). The lowest BCUT2D eigenvalue weighted by atomic mass is 9.76. The number of hydrogen-bond acceptors (Lipinski definition) is 9. The standard InChI is InChI=1S/C22H21NO9/c1-4-29-20(28)13-7-5-6-8-14(13)23-18(26)16-15-9-10-22(32-15,17(16)19(23)27)21(30-11(2)24)31-12(3)25/h5-10,15-17,21H,4H2,1-3H3/t15-,16-,17-,22-/m0/s1. The van der Waals surface area contributed by atoms with Crippen molar-refractivity contribution in [3.8, 4) is 0 Å². The molecule has 32 heavy (non-hydrogen) atoms. The molecule has 0 radical (unpaired) electrons. The largest absolute Gasteiger partial charge is 0.462 e. The van der Waals surface area contributed by atoms with E-state index in [1.54, 1.807) is 25.1 Å². The number of hydrogen-bond donors (Lipinski definition) is 0. The van der Waals surface area contributed by atoms with Gasteiger partial charge in [-0.05, 0) is 25.1 Å². The van der Waals surface area contributed by atoms with Crippen LogP contribution in [0.15, 0.2) is 36.4 Å². The first-order valence-corrected chi connectivity index (χ1v) is 10.1. The lowest BCUT2D eigenvalue weighted by Gasteiger charge is -2.34. The fourth-order valence-electron chi connectivity index (χ4n) is 4.50. The average molecular weight is 443 g/mol. The fourth-order valence-corrected chi connectivity index (χ4v) is 4.50. The van der Waals surface area contributed by atoms with Crippen LogP contribution in [0.2, 0.25) is 0 Å². The first kappa shape index (κ1) is 21.7. The molecular weight excluding hydrogens is 422 g/mol. The Hall–Kier alpha value is -3.53. The van der Waals surface area contributed by atoms with Gasteiger partial charge in [-0.3, -0.25) is 19.2 Å². The van der Waals surface area contributed by atoms with Crippen molar-refractivity contribution in [1.29, 1.82) is 0 Å². The highest BCUT2D eigenvalue weighted by Gasteiger charge is 2.72. The molecule has 0 aromatic heterocycles. The van der Waals surface area contributed by atoms with Crippen molar-refractivity contribution in [1.82, 2.24) is 0 Å². The molecule has 0 aliphatic carbocycles. The van der Waals surface area contributed by atoms with E-state index in [4.69, 9.17) is 18.9 Å². The maximum atomic E-state index is 13.6. The summed E-state index contributed by atoms with van der Waals surface area (Å²) < 4.78 is 21.3. The Kier molecular flexibility index (Phi) is 5.33. The van der Waals surface area contributed by atoms with Crippen LogP contribution in [0.4, 0.5) is 5.69 Å². The van der Waals surface area contributed by atoms with Gasteiger partial charge in [0, 0.05) is 13.8 Å². The fraction of sp³-hybridized carbons (Fsp3) is 0.409. The van der Waals surface area contributed by atoms with Gasteiger partial charge in [-0.2, -0.15) is 0 Å². The Bertz CT molecular complexity index is 1030. The highest BCUT2D eigenvalue weighted by atomic mass is 16.7. The van der Waals surface area contributed by atoms with Gasteiger partial charge in [0.1, 0.15) is 0 Å². The number of nitrogens with zero attached hydrogens (tertiary/aromatic N) is 1. The minimum atomic E-state index is -1.66. The molecule has 2 amide bonds. The van der Waals surface area contributed by atoms with E-state index in [0.29, 0.717) is 0 Å². The van der Waals surface area contributed by atoms with Gasteiger partial charge in [0.25, 0.3) is 6.29 Å². The zero-order valence-electron chi connectivity index (χ0n) is 17.6. The summed E-state index contributed by atoms with van der Waals surface area (Å²) in [5, 5.41) is 0. The molecule has 1 aromatic carbocycles. The van der Waals surface area contributed by atoms with Crippen LogP contribution in [-0.4, -0.2) is 54.3 Å². The van der Waals surface area contributed by atoms with Crippen molar-refractivity contribution in [2.45, 2.75) is 38.8 Å². The number of amides is 2. The molecule has 3 aliphatic rings. The quantitative estimate of drug-likeness (QED) is 0.275. The van der Waals surface area contributed by atoms with Gasteiger partial charge in [0.2, 0.25) is 11.8 Å². The van der Waals surface area contributed by atoms with Crippen molar-refractivity contribution in [2.24, 2.45) is 11.8 Å². The van der Waals surface area contributed by atoms with Gasteiger partial charge in [0.15, 0.2) is 5.60 Å². The second-order valence-corrected chi connectivity index (χ2v) is 7.60. The van der Waals surface area contributed by atoms with E-state index in [2.05, 4.69) is 0 Å². The van der Waals surface area contributed by atoms with E-state index in [9.17, 15) is 24.0 Å². The van der Waals surface area contributed by atoms with Gasteiger partial charge in [-0.25, -0.2) is 9.69 Å². The van der Waals surface area contributed by atoms with Crippen LogP contribution < -0.4 is 4.90 Å². The van der Waals surface area contributed by atoms with Crippen molar-refractivity contribution < 1.29 is 42.9 Å². The predicted octanol–water partition coefficient (Wildman–Crippen LogP) is 1.13. The number of imide groups is 1. The molecule has 2 fully saturated rings. The van der Waals surface area contributed by atoms with Crippen LogP contribution in [-0.2, 0) is 38.1 Å². The maximum absolute atomic E-state index is 13.6. The number of para-hydroxylation sites is 1. The summed E-state index contributed by atoms with van der Waals surface area (Å²) in [6.45, 7) is 4.01. The molecule has 1 aromatic rings. The van der Waals surface area contributed by atoms with Crippen molar-refractivity contribution in [3.05, 3.63) is 42.0 Å². The van der Waals surface area contributed by atoms with Gasteiger partial charge in [-0.1, -0.05) is 18.2 Å². The van der Waals surface area contributed by atoms with E-state index in [1.807, 2.05) is 0 Å². The number of anilines is 1. The summed E-state index contributed by atoms with van der Waals surface area (Å²) in [6, 6.07) is 6.12. The van der Waals surface area contributed by atoms with Gasteiger partial charge < -0.3 is 18.9 Å². The van der Waals surface area contributed by atoms with E-state index >= 15 is 0 Å². The van der Waals surface area contributed by atoms with E-state index in [-0.39, 0.29) is 17.9 Å². The Labute approximate surface area is 183 Å². The minimum Gasteiger partial charge on any atom is -0.462 e. The first-order chi connectivity index (χ1) is 15.2. The monoisotopic (exact) mass is 443 g/mol. The molecule has 2 bridgehead atoms. The maximum Gasteiger partial charge on any atom is 0.340 e. The first-order valence-electron chi connectivity index (χ1n) is 10.1.